The van der Waals surface area contributed by atoms with Crippen molar-refractivity contribution in [2.24, 2.45) is 0 Å². The number of hydrogen-bond donors (Lipinski definition) is 1. The van der Waals surface area contributed by atoms with Crippen molar-refractivity contribution in [1.82, 2.24) is 29.8 Å². The van der Waals surface area contributed by atoms with Crippen LogP contribution in [0.2, 0.25) is 0 Å². The first-order chi connectivity index (χ1) is 13.7. The molecule has 9 heteroatoms. The second kappa shape index (κ2) is 7.78. The van der Waals surface area contributed by atoms with Gasteiger partial charge in [0.15, 0.2) is 0 Å². The molecule has 1 amide bonds. The lowest BCUT2D eigenvalue weighted by Crippen LogP contribution is -2.26. The highest BCUT2D eigenvalue weighted by Crippen LogP contribution is 2.16. The second-order valence-electron chi connectivity index (χ2n) is 6.18. The Morgan fingerprint density at radius 2 is 1.89 bits per heavy atom. The summed E-state index contributed by atoms with van der Waals surface area (Å²) >= 11 is 0. The van der Waals surface area contributed by atoms with Gasteiger partial charge in [-0.05, 0) is 23.8 Å². The van der Waals surface area contributed by atoms with Crippen molar-refractivity contribution in [3.05, 3.63) is 77.1 Å². The second-order valence-corrected chi connectivity index (χ2v) is 6.18. The van der Waals surface area contributed by atoms with Crippen LogP contribution in [0.3, 0.4) is 0 Å². The lowest BCUT2D eigenvalue weighted by Gasteiger charge is -2.11. The Kier molecular flexibility index (Phi) is 4.87. The molecule has 4 rings (SSSR count). The van der Waals surface area contributed by atoms with Gasteiger partial charge < -0.3 is 5.32 Å². The molecule has 0 atom stereocenters. The van der Waals surface area contributed by atoms with E-state index in [2.05, 4.69) is 25.7 Å². The number of hydrogen-bond acceptors (Lipinski definition) is 6. The van der Waals surface area contributed by atoms with E-state index in [4.69, 9.17) is 0 Å². The fourth-order valence-electron chi connectivity index (χ4n) is 2.86. The third kappa shape index (κ3) is 3.78. The SMILES string of the molecule is O=C(CCn1nnc2ccccc2c1=O)Nc1ccccc1Cn1cncn1. The normalized spacial score (nSPS) is 10.9. The number of nitrogens with zero attached hydrogens (tertiary/aromatic N) is 6. The van der Waals surface area contributed by atoms with Crippen LogP contribution >= 0.6 is 0 Å². The number of aryl methyl sites for hydroxylation is 1. The van der Waals surface area contributed by atoms with E-state index in [0.29, 0.717) is 23.1 Å². The number of benzene rings is 2. The molecular formula is C19H17N7O2. The topological polar surface area (TPSA) is 108 Å². The number of nitrogens with one attached hydrogen (secondary N) is 1. The predicted octanol–water partition coefficient (Wildman–Crippen LogP) is 1.46. The number of carbonyl (C=O) groups is 1. The average molecular weight is 375 g/mol. The van der Waals surface area contributed by atoms with E-state index >= 15 is 0 Å². The van der Waals surface area contributed by atoms with Gasteiger partial charge in [0.2, 0.25) is 5.91 Å². The van der Waals surface area contributed by atoms with Crippen molar-refractivity contribution in [1.29, 1.82) is 0 Å². The molecule has 0 fully saturated rings. The number of fused-ring (bicyclic) bond motifs is 1. The molecule has 0 spiro atoms. The summed E-state index contributed by atoms with van der Waals surface area (Å²) in [5.41, 5.74) is 1.88. The van der Waals surface area contributed by atoms with Gasteiger partial charge in [0.1, 0.15) is 18.2 Å². The molecule has 2 heterocycles. The molecule has 0 unspecified atom stereocenters. The number of anilines is 1. The molecule has 0 saturated heterocycles. The average Bonchev–Trinajstić information content (AvgIpc) is 3.22. The van der Waals surface area contributed by atoms with E-state index in [-0.39, 0.29) is 24.4 Å². The van der Waals surface area contributed by atoms with Gasteiger partial charge >= 0.3 is 0 Å². The van der Waals surface area contributed by atoms with Gasteiger partial charge in [0.25, 0.3) is 5.56 Å². The maximum absolute atomic E-state index is 12.4. The van der Waals surface area contributed by atoms with Crippen molar-refractivity contribution < 1.29 is 4.79 Å². The summed E-state index contributed by atoms with van der Waals surface area (Å²) in [6.07, 6.45) is 3.18. The molecule has 28 heavy (non-hydrogen) atoms. The molecule has 0 aliphatic heterocycles. The fraction of sp³-hybridized carbons (Fsp3) is 0.158. The fourth-order valence-corrected chi connectivity index (χ4v) is 2.86. The molecule has 9 nitrogen and oxygen atoms in total. The van der Waals surface area contributed by atoms with Crippen molar-refractivity contribution >= 4 is 22.5 Å². The molecule has 0 bridgehead atoms. The summed E-state index contributed by atoms with van der Waals surface area (Å²) in [6, 6.07) is 14.5. The zero-order chi connectivity index (χ0) is 19.3. The van der Waals surface area contributed by atoms with Gasteiger partial charge in [-0.3, -0.25) is 9.59 Å². The smallest absolute Gasteiger partial charge is 0.277 e. The van der Waals surface area contributed by atoms with Gasteiger partial charge in [0, 0.05) is 12.1 Å². The number of amides is 1. The molecule has 2 aromatic carbocycles. The van der Waals surface area contributed by atoms with Crippen LogP contribution < -0.4 is 10.9 Å². The number of rotatable bonds is 6. The van der Waals surface area contributed by atoms with E-state index in [1.807, 2.05) is 24.3 Å². The largest absolute Gasteiger partial charge is 0.326 e. The van der Waals surface area contributed by atoms with Crippen molar-refractivity contribution in [2.75, 3.05) is 5.32 Å². The summed E-state index contributed by atoms with van der Waals surface area (Å²) in [4.78, 5) is 28.8. The van der Waals surface area contributed by atoms with Crippen molar-refractivity contribution in [3.8, 4) is 0 Å². The maximum Gasteiger partial charge on any atom is 0.277 e. The highest BCUT2D eigenvalue weighted by molar-refractivity contribution is 5.91. The van der Waals surface area contributed by atoms with E-state index in [9.17, 15) is 9.59 Å². The molecule has 0 aliphatic rings. The molecule has 140 valence electrons. The van der Waals surface area contributed by atoms with Crippen LogP contribution in [0, 0.1) is 0 Å². The minimum atomic E-state index is -0.259. The Balaban J connectivity index is 1.44. The molecule has 0 radical (unpaired) electrons. The van der Waals surface area contributed by atoms with Crippen LogP contribution in [0.5, 0.6) is 0 Å². The Hall–Kier alpha value is -3.88. The molecule has 0 saturated carbocycles. The maximum atomic E-state index is 12.4. The summed E-state index contributed by atoms with van der Waals surface area (Å²) in [6.45, 7) is 0.639. The third-order valence-electron chi connectivity index (χ3n) is 4.27. The Labute approximate surface area is 159 Å². The lowest BCUT2D eigenvalue weighted by atomic mass is 10.1. The zero-order valence-corrected chi connectivity index (χ0v) is 14.9. The van der Waals surface area contributed by atoms with Crippen LogP contribution in [0.4, 0.5) is 5.69 Å². The quantitative estimate of drug-likeness (QED) is 0.547. The van der Waals surface area contributed by atoms with Gasteiger partial charge in [-0.25, -0.2) is 14.3 Å². The van der Waals surface area contributed by atoms with E-state index in [1.165, 1.54) is 11.0 Å². The van der Waals surface area contributed by atoms with Gasteiger partial charge in [-0.1, -0.05) is 35.5 Å². The molecule has 2 aromatic heterocycles. The first-order valence-electron chi connectivity index (χ1n) is 8.73. The number of para-hydroxylation sites is 1. The predicted molar refractivity (Wildman–Crippen MR) is 103 cm³/mol. The van der Waals surface area contributed by atoms with Crippen LogP contribution in [0.1, 0.15) is 12.0 Å². The van der Waals surface area contributed by atoms with Crippen LogP contribution in [0.15, 0.2) is 66.0 Å². The summed E-state index contributed by atoms with van der Waals surface area (Å²) < 4.78 is 2.89. The van der Waals surface area contributed by atoms with Crippen molar-refractivity contribution in [2.45, 2.75) is 19.5 Å². The number of aromatic nitrogens is 6. The molecular weight excluding hydrogens is 358 g/mol. The highest BCUT2D eigenvalue weighted by atomic mass is 16.2. The monoisotopic (exact) mass is 375 g/mol. The van der Waals surface area contributed by atoms with Crippen molar-refractivity contribution in [3.63, 3.8) is 0 Å². The van der Waals surface area contributed by atoms with Gasteiger partial charge in [-0.15, -0.1) is 5.10 Å². The molecule has 1 N–H and O–H groups in total. The Morgan fingerprint density at radius 3 is 2.75 bits per heavy atom. The standard InChI is InChI=1S/C19H17N7O2/c27-18(9-10-26-19(28)15-6-2-4-8-17(15)23-24-26)22-16-7-3-1-5-14(16)11-25-13-20-12-21-25/h1-8,12-13H,9-11H2,(H,22,27). The minimum Gasteiger partial charge on any atom is -0.326 e. The van der Waals surface area contributed by atoms with Gasteiger partial charge in [-0.2, -0.15) is 5.10 Å². The highest BCUT2D eigenvalue weighted by Gasteiger charge is 2.10. The Morgan fingerprint density at radius 1 is 1.07 bits per heavy atom. The minimum absolute atomic E-state index is 0.102. The Bertz CT molecular complexity index is 1170. The van der Waals surface area contributed by atoms with Crippen LogP contribution in [-0.2, 0) is 17.9 Å². The van der Waals surface area contributed by atoms with E-state index in [1.54, 1.807) is 35.3 Å². The summed E-state index contributed by atoms with van der Waals surface area (Å²) in [5.74, 6) is -0.215. The first-order valence-corrected chi connectivity index (χ1v) is 8.73. The lowest BCUT2D eigenvalue weighted by molar-refractivity contribution is -0.116. The summed E-state index contributed by atoms with van der Waals surface area (Å²) in [7, 11) is 0. The van der Waals surface area contributed by atoms with Crippen LogP contribution in [0.25, 0.3) is 10.9 Å². The van der Waals surface area contributed by atoms with Gasteiger partial charge in [0.05, 0.1) is 18.5 Å². The third-order valence-corrected chi connectivity index (χ3v) is 4.27. The van der Waals surface area contributed by atoms with E-state index in [0.717, 1.165) is 5.56 Å². The molecule has 4 aromatic rings. The first kappa shape index (κ1) is 17.5. The van der Waals surface area contributed by atoms with E-state index < -0.39 is 0 Å². The summed E-state index contributed by atoms with van der Waals surface area (Å²) in [5, 5.41) is 15.4. The zero-order valence-electron chi connectivity index (χ0n) is 14.9. The van der Waals surface area contributed by atoms with Crippen LogP contribution in [-0.4, -0.2) is 35.7 Å². The molecule has 0 aliphatic carbocycles. The number of carbonyl (C=O) groups excluding carboxylic acids is 1.